The molecule has 3 N–H and O–H groups in total. The molecule has 0 rings (SSSR count). The molecule has 0 aromatic carbocycles. The Morgan fingerprint density at radius 3 is 1.13 bits per heavy atom. The lowest BCUT2D eigenvalue weighted by molar-refractivity contribution is -0.143. The van der Waals surface area contributed by atoms with E-state index in [0.717, 1.165) is 51.4 Å². The van der Waals surface area contributed by atoms with Gasteiger partial charge < -0.3 is 20.3 Å². The van der Waals surface area contributed by atoms with E-state index in [1.807, 2.05) is 6.08 Å². The zero-order valence-corrected chi connectivity index (χ0v) is 47.0. The van der Waals surface area contributed by atoms with Gasteiger partial charge in [-0.1, -0.05) is 301 Å². The minimum absolute atomic E-state index is 0.00426. The Labute approximate surface area is 436 Å². The van der Waals surface area contributed by atoms with Crippen molar-refractivity contribution in [3.8, 4) is 0 Å². The van der Waals surface area contributed by atoms with Crippen LogP contribution >= 0.6 is 0 Å². The number of carbonyl (C=O) groups excluding carboxylic acids is 2. The fourth-order valence-corrected chi connectivity index (χ4v) is 9.59. The number of unbranched alkanes of at least 4 members (excludes halogenated alkanes) is 43. The summed E-state index contributed by atoms with van der Waals surface area (Å²) in [6.07, 6.45) is 74.9. The maximum atomic E-state index is 12.4. The molecule has 0 heterocycles. The topological polar surface area (TPSA) is 95.9 Å². The molecule has 0 radical (unpaired) electrons. The predicted octanol–water partition coefficient (Wildman–Crippen LogP) is 19.6. The molecule has 0 aromatic heterocycles. The summed E-state index contributed by atoms with van der Waals surface area (Å²) in [6, 6.07) is -0.623. The molecule has 0 aliphatic carbocycles. The van der Waals surface area contributed by atoms with Crippen molar-refractivity contribution in [3.63, 3.8) is 0 Å². The van der Waals surface area contributed by atoms with E-state index in [-0.39, 0.29) is 18.5 Å². The van der Waals surface area contributed by atoms with Crippen LogP contribution in [0.1, 0.15) is 335 Å². The molecule has 412 valence electrons. The van der Waals surface area contributed by atoms with Gasteiger partial charge in [0.05, 0.1) is 25.4 Å². The van der Waals surface area contributed by atoms with Gasteiger partial charge in [0.25, 0.3) is 0 Å². The molecular formula is C64H121NO5. The zero-order valence-electron chi connectivity index (χ0n) is 47.0. The molecule has 6 nitrogen and oxygen atoms in total. The fraction of sp³-hybridized carbons (Fsp3) is 0.875. The summed E-state index contributed by atoms with van der Waals surface area (Å²) in [7, 11) is 0. The maximum absolute atomic E-state index is 12.4. The first-order chi connectivity index (χ1) is 34.5. The number of esters is 1. The molecule has 70 heavy (non-hydrogen) atoms. The van der Waals surface area contributed by atoms with Gasteiger partial charge in [0.2, 0.25) is 5.91 Å². The number of hydrogen-bond donors (Lipinski definition) is 3. The summed E-state index contributed by atoms with van der Waals surface area (Å²) in [5.41, 5.74) is 0. The van der Waals surface area contributed by atoms with Gasteiger partial charge in [0.15, 0.2) is 0 Å². The van der Waals surface area contributed by atoms with E-state index in [9.17, 15) is 19.8 Å². The monoisotopic (exact) mass is 984 g/mol. The number of carbonyl (C=O) groups is 2. The summed E-state index contributed by atoms with van der Waals surface area (Å²) in [6.45, 7) is 4.85. The van der Waals surface area contributed by atoms with Crippen LogP contribution in [-0.4, -0.2) is 47.4 Å². The third-order valence-electron chi connectivity index (χ3n) is 14.4. The summed E-state index contributed by atoms with van der Waals surface area (Å²) in [5.74, 6) is -0.0616. The number of rotatable bonds is 58. The smallest absolute Gasteiger partial charge is 0.305 e. The Morgan fingerprint density at radius 1 is 0.400 bits per heavy atom. The second kappa shape index (κ2) is 59.6. The Bertz CT molecular complexity index is 1130. The molecule has 0 bridgehead atoms. The van der Waals surface area contributed by atoms with Crippen LogP contribution in [0.2, 0.25) is 0 Å². The Hall–Kier alpha value is -1.92. The number of allylic oxidation sites excluding steroid dienone is 5. The van der Waals surface area contributed by atoms with E-state index in [1.165, 1.54) is 257 Å². The largest absolute Gasteiger partial charge is 0.466 e. The van der Waals surface area contributed by atoms with Gasteiger partial charge in [-0.05, 0) is 57.8 Å². The molecule has 6 heteroatoms. The molecule has 2 unspecified atom stereocenters. The molecular weight excluding hydrogens is 863 g/mol. The van der Waals surface area contributed by atoms with E-state index in [4.69, 9.17) is 4.74 Å². The number of aliphatic hydroxyl groups is 2. The number of hydrogen-bond acceptors (Lipinski definition) is 5. The van der Waals surface area contributed by atoms with Crippen molar-refractivity contribution in [2.45, 2.75) is 347 Å². The van der Waals surface area contributed by atoms with Crippen molar-refractivity contribution >= 4 is 11.9 Å². The van der Waals surface area contributed by atoms with Crippen LogP contribution in [0.4, 0.5) is 0 Å². The van der Waals surface area contributed by atoms with E-state index in [0.29, 0.717) is 19.4 Å². The Balaban J connectivity index is 3.33. The predicted molar refractivity (Wildman–Crippen MR) is 306 cm³/mol. The molecule has 0 spiro atoms. The lowest BCUT2D eigenvalue weighted by Gasteiger charge is -2.20. The van der Waals surface area contributed by atoms with E-state index in [2.05, 4.69) is 43.5 Å². The summed E-state index contributed by atoms with van der Waals surface area (Å²) in [4.78, 5) is 24.4. The van der Waals surface area contributed by atoms with Gasteiger partial charge in [-0.25, -0.2) is 0 Å². The highest BCUT2D eigenvalue weighted by Crippen LogP contribution is 2.18. The maximum Gasteiger partial charge on any atom is 0.305 e. The number of ether oxygens (including phenoxy) is 1. The quantitative estimate of drug-likeness (QED) is 0.0321. The van der Waals surface area contributed by atoms with Crippen LogP contribution in [0.3, 0.4) is 0 Å². The van der Waals surface area contributed by atoms with Gasteiger partial charge >= 0.3 is 5.97 Å². The van der Waals surface area contributed by atoms with Gasteiger partial charge in [-0.3, -0.25) is 9.59 Å². The molecule has 0 fully saturated rings. The third kappa shape index (κ3) is 55.4. The molecule has 0 aliphatic rings. The van der Waals surface area contributed by atoms with Gasteiger partial charge in [0, 0.05) is 12.8 Å². The zero-order chi connectivity index (χ0) is 50.7. The lowest BCUT2D eigenvalue weighted by atomic mass is 10.0. The molecule has 2 atom stereocenters. The highest BCUT2D eigenvalue weighted by molar-refractivity contribution is 5.76. The van der Waals surface area contributed by atoms with Gasteiger partial charge in [0.1, 0.15) is 0 Å². The van der Waals surface area contributed by atoms with E-state index >= 15 is 0 Å². The normalized spacial score (nSPS) is 12.8. The Morgan fingerprint density at radius 2 is 0.729 bits per heavy atom. The summed E-state index contributed by atoms with van der Waals surface area (Å²) in [5, 5.41) is 23.0. The number of nitrogens with one attached hydrogen (secondary N) is 1. The van der Waals surface area contributed by atoms with E-state index in [1.54, 1.807) is 6.08 Å². The highest BCUT2D eigenvalue weighted by atomic mass is 16.5. The molecule has 0 aliphatic heterocycles. The first kappa shape index (κ1) is 68.1. The minimum Gasteiger partial charge on any atom is -0.466 e. The third-order valence-corrected chi connectivity index (χ3v) is 14.4. The highest BCUT2D eigenvalue weighted by Gasteiger charge is 2.18. The van der Waals surface area contributed by atoms with Crippen LogP contribution in [-0.2, 0) is 14.3 Å². The standard InChI is InChI=1S/C64H121NO5/c1-3-5-7-9-11-13-15-16-35-38-42-46-50-54-58-64(69)70-59-55-51-47-43-39-36-33-31-29-27-25-23-21-19-17-18-20-22-24-26-28-30-32-34-37-41-45-49-53-57-63(68)65-61(60-66)62(67)56-52-48-44-40-14-12-10-8-6-4-2/h9,11,15-16,52,56,61-62,66-67H,3-8,10,12-14,17-51,53-55,57-60H2,1-2H3,(H,65,68)/b11-9-,16-15-,56-52+. The van der Waals surface area contributed by atoms with Crippen LogP contribution in [0.5, 0.6) is 0 Å². The molecule has 0 saturated heterocycles. The minimum atomic E-state index is -0.840. The van der Waals surface area contributed by atoms with Crippen LogP contribution < -0.4 is 5.32 Å². The van der Waals surface area contributed by atoms with Crippen LogP contribution in [0.15, 0.2) is 36.5 Å². The summed E-state index contributed by atoms with van der Waals surface area (Å²) < 4.78 is 5.48. The number of amides is 1. The lowest BCUT2D eigenvalue weighted by Crippen LogP contribution is -2.45. The average molecular weight is 985 g/mol. The Kier molecular flexibility index (Phi) is 58.0. The van der Waals surface area contributed by atoms with Crippen molar-refractivity contribution in [1.82, 2.24) is 5.32 Å². The van der Waals surface area contributed by atoms with Crippen molar-refractivity contribution in [3.05, 3.63) is 36.5 Å². The first-order valence-corrected chi connectivity index (χ1v) is 31.3. The van der Waals surface area contributed by atoms with Crippen molar-refractivity contribution in [2.24, 2.45) is 0 Å². The number of aliphatic hydroxyl groups excluding tert-OH is 2. The first-order valence-electron chi connectivity index (χ1n) is 31.3. The summed E-state index contributed by atoms with van der Waals surface area (Å²) >= 11 is 0. The van der Waals surface area contributed by atoms with Gasteiger partial charge in [-0.15, -0.1) is 0 Å². The van der Waals surface area contributed by atoms with Crippen LogP contribution in [0, 0.1) is 0 Å². The van der Waals surface area contributed by atoms with Gasteiger partial charge in [-0.2, -0.15) is 0 Å². The molecule has 0 saturated carbocycles. The second-order valence-corrected chi connectivity index (χ2v) is 21.4. The SMILES string of the molecule is CCCC/C=C\C/C=C\CCCCCCCC(=O)OCCCCCCCCCCCCCCCCCCCCCCCCCCCCCCCC(=O)NC(CO)C(O)/C=C/CCCCCCCCCC. The second-order valence-electron chi connectivity index (χ2n) is 21.4. The average Bonchev–Trinajstić information content (AvgIpc) is 3.36. The van der Waals surface area contributed by atoms with Crippen molar-refractivity contribution in [2.75, 3.05) is 13.2 Å². The molecule has 1 amide bonds. The van der Waals surface area contributed by atoms with E-state index < -0.39 is 12.1 Å². The van der Waals surface area contributed by atoms with Crippen LogP contribution in [0.25, 0.3) is 0 Å². The fourth-order valence-electron chi connectivity index (χ4n) is 9.59. The van der Waals surface area contributed by atoms with Crippen molar-refractivity contribution in [1.29, 1.82) is 0 Å². The molecule has 0 aromatic rings. The van der Waals surface area contributed by atoms with Crippen molar-refractivity contribution < 1.29 is 24.5 Å².